The molecule has 0 saturated carbocycles. The fourth-order valence-corrected chi connectivity index (χ4v) is 3.50. The van der Waals surface area contributed by atoms with E-state index in [1.54, 1.807) is 21.3 Å². The molecular weight excluding hydrogens is 260 g/mol. The smallest absolute Gasteiger partial charge is 0.488 e. The molecule has 0 bridgehead atoms. The van der Waals surface area contributed by atoms with Gasteiger partial charge in [-0.3, -0.25) is 0 Å². The number of hydrogen-bond donors (Lipinski definition) is 0. The molecule has 0 spiro atoms. The van der Waals surface area contributed by atoms with Crippen LogP contribution in [-0.2, 0) is 13.3 Å². The van der Waals surface area contributed by atoms with E-state index in [2.05, 4.69) is 20.8 Å². The van der Waals surface area contributed by atoms with Gasteiger partial charge in [-0.25, -0.2) is 0 Å². The van der Waals surface area contributed by atoms with Crippen LogP contribution in [0, 0.1) is 0 Å². The molecule has 0 aliphatic carbocycles. The van der Waals surface area contributed by atoms with E-state index in [4.69, 9.17) is 18.0 Å². The Hall–Kier alpha value is -0.883. The summed E-state index contributed by atoms with van der Waals surface area (Å²) in [6, 6.07) is 7.71. The van der Waals surface area contributed by atoms with E-state index in [1.807, 2.05) is 24.3 Å². The van der Waals surface area contributed by atoms with Gasteiger partial charge in [-0.2, -0.15) is 0 Å². The zero-order valence-corrected chi connectivity index (χ0v) is 13.6. The van der Waals surface area contributed by atoms with Crippen LogP contribution in [0.4, 0.5) is 0 Å². The molecule has 0 aliphatic heterocycles. The van der Waals surface area contributed by atoms with Crippen molar-refractivity contribution in [3.05, 3.63) is 24.3 Å². The first kappa shape index (κ1) is 16.2. The molecule has 4 nitrogen and oxygen atoms in total. The van der Waals surface area contributed by atoms with Gasteiger partial charge < -0.3 is 18.0 Å². The van der Waals surface area contributed by atoms with Crippen LogP contribution in [-0.4, -0.2) is 35.7 Å². The lowest BCUT2D eigenvalue weighted by Crippen LogP contribution is -2.54. The molecule has 5 heteroatoms. The summed E-state index contributed by atoms with van der Waals surface area (Å²) in [6.45, 7) is 6.24. The van der Waals surface area contributed by atoms with Gasteiger partial charge in [-0.1, -0.05) is 19.1 Å². The molecule has 0 heterocycles. The molecule has 0 amide bonds. The summed E-state index contributed by atoms with van der Waals surface area (Å²) >= 11 is 0. The van der Waals surface area contributed by atoms with Crippen LogP contribution in [0.5, 0.6) is 5.75 Å². The molecule has 0 atom stereocenters. The molecule has 1 rings (SSSR count). The highest BCUT2D eigenvalue weighted by Gasteiger charge is 2.40. The van der Waals surface area contributed by atoms with E-state index in [9.17, 15) is 0 Å². The number of hydrogen-bond acceptors (Lipinski definition) is 4. The third-order valence-electron chi connectivity index (χ3n) is 3.26. The van der Waals surface area contributed by atoms with Gasteiger partial charge in [-0.05, 0) is 32.4 Å². The van der Waals surface area contributed by atoms with Crippen molar-refractivity contribution >= 4 is 14.0 Å². The maximum atomic E-state index is 5.91. The second kappa shape index (κ2) is 6.52. The van der Waals surface area contributed by atoms with E-state index in [1.165, 1.54) is 0 Å². The molecular formula is C14H24O4Si. The lowest BCUT2D eigenvalue weighted by Gasteiger charge is -2.26. The van der Waals surface area contributed by atoms with Crippen molar-refractivity contribution in [3.8, 4) is 5.75 Å². The average molecular weight is 284 g/mol. The molecule has 0 aliphatic rings. The van der Waals surface area contributed by atoms with Gasteiger partial charge >= 0.3 is 8.80 Å². The van der Waals surface area contributed by atoms with Gasteiger partial charge in [0.2, 0.25) is 0 Å². The van der Waals surface area contributed by atoms with Crippen molar-refractivity contribution in [2.45, 2.75) is 32.8 Å². The molecule has 1 aromatic carbocycles. The minimum absolute atomic E-state index is 0.167. The van der Waals surface area contributed by atoms with Crippen molar-refractivity contribution in [3.63, 3.8) is 0 Å². The van der Waals surface area contributed by atoms with E-state index in [0.717, 1.165) is 17.4 Å². The van der Waals surface area contributed by atoms with Crippen LogP contribution in [0.2, 0.25) is 0 Å². The summed E-state index contributed by atoms with van der Waals surface area (Å²) in [4.78, 5) is 0. The Labute approximate surface area is 117 Å². The minimum atomic E-state index is -2.74. The summed E-state index contributed by atoms with van der Waals surface area (Å²) in [5.74, 6) is 0.835. The van der Waals surface area contributed by atoms with Gasteiger partial charge in [0.25, 0.3) is 0 Å². The van der Waals surface area contributed by atoms with E-state index < -0.39 is 8.80 Å². The molecule has 0 aromatic heterocycles. The van der Waals surface area contributed by atoms with Crippen molar-refractivity contribution in [1.29, 1.82) is 0 Å². The van der Waals surface area contributed by atoms with Gasteiger partial charge in [0.1, 0.15) is 11.4 Å². The van der Waals surface area contributed by atoms with Crippen LogP contribution < -0.4 is 9.92 Å². The maximum absolute atomic E-state index is 5.91. The van der Waals surface area contributed by atoms with Crippen LogP contribution in [0.1, 0.15) is 27.2 Å². The molecule has 0 N–H and O–H groups in total. The van der Waals surface area contributed by atoms with Crippen LogP contribution >= 0.6 is 0 Å². The van der Waals surface area contributed by atoms with E-state index >= 15 is 0 Å². The molecule has 108 valence electrons. The maximum Gasteiger partial charge on any atom is 0.536 e. The second-order valence-electron chi connectivity index (χ2n) is 4.91. The summed E-state index contributed by atoms with van der Waals surface area (Å²) < 4.78 is 22.2. The highest BCUT2D eigenvalue weighted by atomic mass is 28.4. The largest absolute Gasteiger partial charge is 0.536 e. The lowest BCUT2D eigenvalue weighted by molar-refractivity contribution is 0.105. The van der Waals surface area contributed by atoms with E-state index in [0.29, 0.717) is 0 Å². The molecule has 19 heavy (non-hydrogen) atoms. The molecule has 0 saturated heterocycles. The summed E-state index contributed by atoms with van der Waals surface area (Å²) in [5.41, 5.74) is -0.167. The van der Waals surface area contributed by atoms with Crippen molar-refractivity contribution in [2.75, 3.05) is 21.3 Å². The first-order chi connectivity index (χ1) is 8.93. The standard InChI is InChI=1S/C14H24O4Si/c1-7-14(2,3)18-12-8-10-13(11-9-12)19(15-4,16-5)17-6/h8-11H,7H2,1-6H3. The number of benzene rings is 1. The van der Waals surface area contributed by atoms with Crippen LogP contribution in [0.15, 0.2) is 24.3 Å². The Morgan fingerprint density at radius 1 is 0.947 bits per heavy atom. The van der Waals surface area contributed by atoms with Gasteiger partial charge in [0, 0.05) is 26.5 Å². The summed E-state index contributed by atoms with van der Waals surface area (Å²) in [6.07, 6.45) is 0.946. The van der Waals surface area contributed by atoms with Crippen molar-refractivity contribution in [1.82, 2.24) is 0 Å². The van der Waals surface area contributed by atoms with Crippen molar-refractivity contribution in [2.24, 2.45) is 0 Å². The Kier molecular flexibility index (Phi) is 5.55. The first-order valence-corrected chi connectivity index (χ1v) is 8.10. The topological polar surface area (TPSA) is 36.9 Å². The van der Waals surface area contributed by atoms with Gasteiger partial charge in [0.15, 0.2) is 0 Å². The second-order valence-corrected chi connectivity index (χ2v) is 7.82. The monoisotopic (exact) mass is 284 g/mol. The Morgan fingerprint density at radius 2 is 1.42 bits per heavy atom. The van der Waals surface area contributed by atoms with Crippen LogP contribution in [0.3, 0.4) is 0 Å². The number of rotatable bonds is 7. The van der Waals surface area contributed by atoms with Gasteiger partial charge in [-0.15, -0.1) is 0 Å². The predicted octanol–water partition coefficient (Wildman–Crippen LogP) is 2.34. The Bertz CT molecular complexity index is 377. The minimum Gasteiger partial charge on any atom is -0.488 e. The SMILES string of the molecule is CCC(C)(C)Oc1ccc([Si](OC)(OC)OC)cc1. The van der Waals surface area contributed by atoms with E-state index in [-0.39, 0.29) is 5.60 Å². The highest BCUT2D eigenvalue weighted by Crippen LogP contribution is 2.20. The van der Waals surface area contributed by atoms with Crippen LogP contribution in [0.25, 0.3) is 0 Å². The summed E-state index contributed by atoms with van der Waals surface area (Å²) in [7, 11) is 2.06. The quantitative estimate of drug-likeness (QED) is 0.720. The molecule has 1 aromatic rings. The Morgan fingerprint density at radius 3 is 1.79 bits per heavy atom. The van der Waals surface area contributed by atoms with Gasteiger partial charge in [0.05, 0.1) is 0 Å². The normalized spacial score (nSPS) is 12.5. The fraction of sp³-hybridized carbons (Fsp3) is 0.571. The Balaban J connectivity index is 2.93. The predicted molar refractivity (Wildman–Crippen MR) is 77.9 cm³/mol. The molecule has 0 fully saturated rings. The number of ether oxygens (including phenoxy) is 1. The lowest BCUT2D eigenvalue weighted by atomic mass is 10.1. The molecule has 0 unspecified atom stereocenters. The third-order valence-corrected chi connectivity index (χ3v) is 5.91. The van der Waals surface area contributed by atoms with Crippen molar-refractivity contribution < 1.29 is 18.0 Å². The fourth-order valence-electron chi connectivity index (χ4n) is 1.72. The average Bonchev–Trinajstić information content (AvgIpc) is 2.43. The first-order valence-electron chi connectivity index (χ1n) is 6.38. The summed E-state index contributed by atoms with van der Waals surface area (Å²) in [5, 5.41) is 0.918. The zero-order valence-electron chi connectivity index (χ0n) is 12.6. The molecule has 0 radical (unpaired) electrons. The highest BCUT2D eigenvalue weighted by molar-refractivity contribution is 6.75. The zero-order chi connectivity index (χ0) is 14.5. The third kappa shape index (κ3) is 3.79.